The molecule has 3 heterocycles. The van der Waals surface area contributed by atoms with Crippen LogP contribution in [0.5, 0.6) is 0 Å². The van der Waals surface area contributed by atoms with E-state index in [1.54, 1.807) is 23.0 Å². The van der Waals surface area contributed by atoms with Crippen LogP contribution in [0.2, 0.25) is 10.0 Å². The third-order valence-electron chi connectivity index (χ3n) is 8.24. The lowest BCUT2D eigenvalue weighted by molar-refractivity contribution is 0.0934. The number of rotatable bonds is 8. The molecule has 6 rings (SSSR count). The van der Waals surface area contributed by atoms with E-state index >= 15 is 0 Å². The molecule has 7 nitrogen and oxygen atoms in total. The van der Waals surface area contributed by atoms with Crippen LogP contribution < -0.4 is 15.8 Å². The molecule has 44 heavy (non-hydrogen) atoms. The summed E-state index contributed by atoms with van der Waals surface area (Å²) in [5.74, 6) is -0.203. The number of amides is 1. The van der Waals surface area contributed by atoms with Crippen molar-refractivity contribution in [3.63, 3.8) is 0 Å². The average Bonchev–Trinajstić information content (AvgIpc) is 3.05. The van der Waals surface area contributed by atoms with Crippen molar-refractivity contribution in [2.75, 3.05) is 31.1 Å². The highest BCUT2D eigenvalue weighted by molar-refractivity contribution is 6.38. The van der Waals surface area contributed by atoms with Gasteiger partial charge < -0.3 is 10.2 Å². The van der Waals surface area contributed by atoms with Gasteiger partial charge in [-0.2, -0.15) is 0 Å². The van der Waals surface area contributed by atoms with E-state index in [4.69, 9.17) is 23.2 Å². The lowest BCUT2D eigenvalue weighted by Crippen LogP contribution is -2.47. The predicted molar refractivity (Wildman–Crippen MR) is 178 cm³/mol. The van der Waals surface area contributed by atoms with Crippen molar-refractivity contribution in [3.05, 3.63) is 135 Å². The summed E-state index contributed by atoms with van der Waals surface area (Å²) >= 11 is 12.9. The molecule has 1 aliphatic heterocycles. The van der Waals surface area contributed by atoms with Gasteiger partial charge in [0.25, 0.3) is 11.5 Å². The Bertz CT molecular complexity index is 1820. The van der Waals surface area contributed by atoms with Crippen LogP contribution in [0, 0.1) is 0 Å². The summed E-state index contributed by atoms with van der Waals surface area (Å²) in [7, 11) is 0. The maximum absolute atomic E-state index is 14.4. The summed E-state index contributed by atoms with van der Waals surface area (Å²) in [6.45, 7) is 5.20. The molecule has 1 aliphatic rings. The molecule has 5 aromatic rings. The van der Waals surface area contributed by atoms with Crippen LogP contribution in [-0.4, -0.2) is 46.5 Å². The number of aromatic nitrogens is 2. The van der Waals surface area contributed by atoms with E-state index < -0.39 is 0 Å². The van der Waals surface area contributed by atoms with Gasteiger partial charge in [0, 0.05) is 61.6 Å². The number of nitrogens with one attached hydrogen (secondary N) is 1. The van der Waals surface area contributed by atoms with Gasteiger partial charge in [-0.3, -0.25) is 24.0 Å². The summed E-state index contributed by atoms with van der Waals surface area (Å²) in [4.78, 5) is 37.0. The standard InChI is InChI=1S/C35H33Cl2N5O2/c1-2-30(24-11-5-3-6-12-24)39-34(43)32-26-15-9-10-16-27(26)35(44)42(25-13-7-4-8-14-25)31(32)23-40-17-19-41(20-18-40)33-28(36)21-38-22-29(33)37/h3-16,21-22,30H,2,17-20,23H2,1H3,(H,39,43)/t30-/m0/s1. The fraction of sp³-hybridized carbons (Fsp3) is 0.229. The molecule has 1 atom stereocenters. The summed E-state index contributed by atoms with van der Waals surface area (Å²) in [5.41, 5.74) is 3.56. The minimum absolute atomic E-state index is 0.151. The smallest absolute Gasteiger partial charge is 0.263 e. The maximum Gasteiger partial charge on any atom is 0.263 e. The Morgan fingerprint density at radius 1 is 0.841 bits per heavy atom. The summed E-state index contributed by atoms with van der Waals surface area (Å²) in [6.07, 6.45) is 3.93. The van der Waals surface area contributed by atoms with Crippen LogP contribution in [0.1, 0.15) is 41.0 Å². The summed E-state index contributed by atoms with van der Waals surface area (Å²) in [6, 6.07) is 26.7. The van der Waals surface area contributed by atoms with Crippen molar-refractivity contribution in [3.8, 4) is 5.69 Å². The first-order valence-corrected chi connectivity index (χ1v) is 15.6. The number of halogens is 2. The predicted octanol–water partition coefficient (Wildman–Crippen LogP) is 6.90. The first-order valence-electron chi connectivity index (χ1n) is 14.8. The van der Waals surface area contributed by atoms with Crippen molar-refractivity contribution in [1.82, 2.24) is 19.8 Å². The van der Waals surface area contributed by atoms with Crippen molar-refractivity contribution >= 4 is 45.6 Å². The molecule has 1 saturated heterocycles. The van der Waals surface area contributed by atoms with Crippen LogP contribution in [0.25, 0.3) is 16.5 Å². The van der Waals surface area contributed by atoms with Gasteiger partial charge in [-0.15, -0.1) is 0 Å². The molecule has 0 radical (unpaired) electrons. The number of para-hydroxylation sites is 1. The molecule has 0 bridgehead atoms. The van der Waals surface area contributed by atoms with Gasteiger partial charge >= 0.3 is 0 Å². The van der Waals surface area contributed by atoms with Crippen LogP contribution in [0.4, 0.5) is 5.69 Å². The van der Waals surface area contributed by atoms with Gasteiger partial charge in [0.2, 0.25) is 0 Å². The van der Waals surface area contributed by atoms with Crippen LogP contribution >= 0.6 is 23.2 Å². The molecule has 3 aromatic carbocycles. The largest absolute Gasteiger partial charge is 0.366 e. The Morgan fingerprint density at radius 3 is 2.07 bits per heavy atom. The van der Waals surface area contributed by atoms with Gasteiger partial charge in [0.1, 0.15) is 0 Å². The van der Waals surface area contributed by atoms with Crippen molar-refractivity contribution in [2.45, 2.75) is 25.9 Å². The quantitative estimate of drug-likeness (QED) is 0.203. The number of carbonyl (C=O) groups is 1. The first-order chi connectivity index (χ1) is 21.5. The minimum Gasteiger partial charge on any atom is -0.366 e. The highest BCUT2D eigenvalue weighted by Crippen LogP contribution is 2.33. The molecule has 1 amide bonds. The lowest BCUT2D eigenvalue weighted by atomic mass is 9.99. The second kappa shape index (κ2) is 13.2. The molecule has 0 unspecified atom stereocenters. The van der Waals surface area contributed by atoms with E-state index in [0.717, 1.165) is 23.4 Å². The second-order valence-electron chi connectivity index (χ2n) is 10.9. The van der Waals surface area contributed by atoms with E-state index in [-0.39, 0.29) is 17.5 Å². The number of hydrogen-bond donors (Lipinski definition) is 1. The highest BCUT2D eigenvalue weighted by Gasteiger charge is 2.28. The third kappa shape index (κ3) is 5.95. The number of fused-ring (bicyclic) bond motifs is 1. The van der Waals surface area contributed by atoms with E-state index in [9.17, 15) is 9.59 Å². The number of hydrogen-bond acceptors (Lipinski definition) is 5. The molecule has 0 aliphatic carbocycles. The fourth-order valence-electron chi connectivity index (χ4n) is 6.04. The second-order valence-corrected chi connectivity index (χ2v) is 11.7. The third-order valence-corrected chi connectivity index (χ3v) is 8.79. The van der Waals surface area contributed by atoms with Crippen molar-refractivity contribution < 1.29 is 4.79 Å². The zero-order valence-corrected chi connectivity index (χ0v) is 25.9. The number of carbonyl (C=O) groups excluding carboxylic acids is 1. The van der Waals surface area contributed by atoms with E-state index in [2.05, 4.69) is 27.0 Å². The maximum atomic E-state index is 14.4. The number of anilines is 1. The fourth-order valence-corrected chi connectivity index (χ4v) is 6.64. The van der Waals surface area contributed by atoms with Gasteiger partial charge in [-0.25, -0.2) is 0 Å². The van der Waals surface area contributed by atoms with Gasteiger partial charge in [0.15, 0.2) is 0 Å². The molecule has 224 valence electrons. The van der Waals surface area contributed by atoms with Gasteiger partial charge in [-0.1, -0.05) is 96.9 Å². The van der Waals surface area contributed by atoms with E-state index in [1.807, 2.05) is 78.9 Å². The molecule has 9 heteroatoms. The minimum atomic E-state index is -0.203. The Morgan fingerprint density at radius 2 is 1.43 bits per heavy atom. The monoisotopic (exact) mass is 625 g/mol. The van der Waals surface area contributed by atoms with Crippen LogP contribution in [-0.2, 0) is 6.54 Å². The van der Waals surface area contributed by atoms with Gasteiger partial charge in [0.05, 0.1) is 33.0 Å². The zero-order chi connectivity index (χ0) is 30.6. The van der Waals surface area contributed by atoms with Crippen molar-refractivity contribution in [1.29, 1.82) is 0 Å². The molecular weight excluding hydrogens is 593 g/mol. The number of pyridine rings is 2. The molecule has 0 saturated carbocycles. The topological polar surface area (TPSA) is 70.5 Å². The molecule has 0 spiro atoms. The highest BCUT2D eigenvalue weighted by atomic mass is 35.5. The van der Waals surface area contributed by atoms with E-state index in [1.165, 1.54) is 0 Å². The first kappa shape index (κ1) is 29.9. The number of benzene rings is 3. The zero-order valence-electron chi connectivity index (χ0n) is 24.4. The Hall–Kier alpha value is -4.17. The Kier molecular flexibility index (Phi) is 8.98. The lowest BCUT2D eigenvalue weighted by Gasteiger charge is -2.37. The Balaban J connectivity index is 1.42. The molecular formula is C35H33Cl2N5O2. The van der Waals surface area contributed by atoms with Crippen LogP contribution in [0.15, 0.2) is 102 Å². The number of piperazine rings is 1. The normalized spacial score (nSPS) is 14.5. The SMILES string of the molecule is CC[C@H](NC(=O)c1c(CN2CCN(c3c(Cl)cncc3Cl)CC2)n(-c2ccccc2)c(=O)c2ccccc12)c1ccccc1. The molecule has 2 aromatic heterocycles. The van der Waals surface area contributed by atoms with Crippen molar-refractivity contribution in [2.24, 2.45) is 0 Å². The van der Waals surface area contributed by atoms with Crippen LogP contribution in [0.3, 0.4) is 0 Å². The molecule has 1 N–H and O–H groups in total. The van der Waals surface area contributed by atoms with Gasteiger partial charge in [-0.05, 0) is 30.2 Å². The number of nitrogens with zero attached hydrogens (tertiary/aromatic N) is 4. The summed E-state index contributed by atoms with van der Waals surface area (Å²) < 4.78 is 1.71. The van der Waals surface area contributed by atoms with E-state index in [0.29, 0.717) is 64.8 Å². The average molecular weight is 627 g/mol. The summed E-state index contributed by atoms with van der Waals surface area (Å²) in [5, 5.41) is 5.47. The molecule has 1 fully saturated rings. The Labute approximate surface area is 266 Å².